The second-order valence-electron chi connectivity index (χ2n) is 3.68. The first kappa shape index (κ1) is 11.1. The molecule has 3 heteroatoms. The van der Waals surface area contributed by atoms with Gasteiger partial charge in [0.25, 0.3) is 0 Å². The van der Waals surface area contributed by atoms with E-state index in [-0.39, 0.29) is 0 Å². The molecule has 80 valence electrons. The molecule has 0 amide bonds. The Morgan fingerprint density at radius 3 is 2.38 bits per heavy atom. The molecule has 16 heavy (non-hydrogen) atoms. The monoisotopic (exact) mass is 229 g/mol. The van der Waals surface area contributed by atoms with Crippen LogP contribution in [-0.4, -0.2) is 11.6 Å². The van der Waals surface area contributed by atoms with Crippen LogP contribution in [0.3, 0.4) is 0 Å². The molecule has 1 aromatic carbocycles. The van der Waals surface area contributed by atoms with Gasteiger partial charge in [-0.1, -0.05) is 36.4 Å². The summed E-state index contributed by atoms with van der Waals surface area (Å²) in [7, 11) is -2.62. The molecule has 0 spiro atoms. The molecular weight excluding hydrogens is 217 g/mol. The Labute approximate surface area is 95.7 Å². The second kappa shape index (κ2) is 4.23. The summed E-state index contributed by atoms with van der Waals surface area (Å²) >= 11 is 0. The highest BCUT2D eigenvalue weighted by atomic mass is 31.2. The van der Waals surface area contributed by atoms with Gasteiger partial charge in [-0.05, 0) is 18.8 Å². The number of pyridine rings is 1. The summed E-state index contributed by atoms with van der Waals surface area (Å²) in [6, 6.07) is 14.6. The smallest absolute Gasteiger partial charge is 0.157 e. The van der Waals surface area contributed by atoms with Crippen molar-refractivity contribution >= 4 is 17.9 Å². The Kier molecular flexibility index (Phi) is 2.93. The lowest BCUT2D eigenvalue weighted by Gasteiger charge is -2.12. The van der Waals surface area contributed by atoms with Crippen LogP contribution < -0.4 is 10.7 Å². The van der Waals surface area contributed by atoms with Gasteiger partial charge in [0.2, 0.25) is 0 Å². The van der Waals surface area contributed by atoms with Gasteiger partial charge in [-0.2, -0.15) is 0 Å². The fourth-order valence-electron chi connectivity index (χ4n) is 1.52. The SMILES string of the molecule is [CH]c1cccc(P(C)(=O)c2ccccc2)n1. The Bertz CT molecular complexity index is 537. The molecule has 2 aromatic rings. The van der Waals surface area contributed by atoms with Crippen LogP contribution in [0.2, 0.25) is 0 Å². The van der Waals surface area contributed by atoms with Crippen molar-refractivity contribution in [3.05, 3.63) is 61.1 Å². The largest absolute Gasteiger partial charge is 0.312 e. The summed E-state index contributed by atoms with van der Waals surface area (Å²) in [5, 5.41) is 0.799. The fourth-order valence-corrected chi connectivity index (χ4v) is 3.20. The van der Waals surface area contributed by atoms with Crippen LogP contribution in [0.25, 0.3) is 0 Å². The highest BCUT2D eigenvalue weighted by molar-refractivity contribution is 7.77. The number of hydrogen-bond acceptors (Lipinski definition) is 2. The molecule has 0 aliphatic rings. The summed E-state index contributed by atoms with van der Waals surface area (Å²) in [4.78, 5) is 4.14. The van der Waals surface area contributed by atoms with Gasteiger partial charge in [-0.3, -0.25) is 0 Å². The van der Waals surface area contributed by atoms with Gasteiger partial charge in [0.15, 0.2) is 7.14 Å². The van der Waals surface area contributed by atoms with E-state index in [1.165, 1.54) is 0 Å². The van der Waals surface area contributed by atoms with Crippen molar-refractivity contribution in [2.45, 2.75) is 0 Å². The number of benzene rings is 1. The average Bonchev–Trinajstić information content (AvgIpc) is 2.30. The molecule has 2 rings (SSSR count). The van der Waals surface area contributed by atoms with E-state index in [0.29, 0.717) is 11.1 Å². The van der Waals surface area contributed by atoms with Crippen LogP contribution in [0.15, 0.2) is 48.5 Å². The Hall–Kier alpha value is -1.40. The van der Waals surface area contributed by atoms with Crippen LogP contribution in [0.4, 0.5) is 0 Å². The number of nitrogens with zero attached hydrogens (tertiary/aromatic N) is 1. The normalized spacial score (nSPS) is 14.4. The lowest BCUT2D eigenvalue weighted by Crippen LogP contribution is -2.18. The minimum absolute atomic E-state index is 0.399. The van der Waals surface area contributed by atoms with E-state index in [0.717, 1.165) is 5.30 Å². The Morgan fingerprint density at radius 2 is 1.75 bits per heavy atom. The molecule has 0 fully saturated rings. The summed E-state index contributed by atoms with van der Waals surface area (Å²) in [5.41, 5.74) is 0.953. The standard InChI is InChI=1S/C13H12NOP/c1-11-7-6-10-13(14-11)16(2,15)12-8-4-3-5-9-12/h1,3-10H,2H3. The van der Waals surface area contributed by atoms with Gasteiger partial charge in [0.1, 0.15) is 5.44 Å². The lowest BCUT2D eigenvalue weighted by atomic mass is 10.4. The molecule has 0 saturated carbocycles. The first-order valence-electron chi connectivity index (χ1n) is 4.97. The van der Waals surface area contributed by atoms with Crippen LogP contribution >= 0.6 is 7.14 Å². The average molecular weight is 229 g/mol. The maximum atomic E-state index is 12.7. The van der Waals surface area contributed by atoms with E-state index in [9.17, 15) is 4.57 Å². The number of aromatic nitrogens is 1. The zero-order chi connectivity index (χ0) is 11.6. The second-order valence-corrected chi connectivity index (χ2v) is 6.50. The van der Waals surface area contributed by atoms with Gasteiger partial charge in [0.05, 0.1) is 0 Å². The summed E-state index contributed by atoms with van der Waals surface area (Å²) in [5.74, 6) is 0. The van der Waals surface area contributed by atoms with Crippen LogP contribution in [-0.2, 0) is 4.57 Å². The highest BCUT2D eigenvalue weighted by Gasteiger charge is 2.22. The Morgan fingerprint density at radius 1 is 1.06 bits per heavy atom. The molecule has 0 bridgehead atoms. The van der Waals surface area contributed by atoms with E-state index < -0.39 is 7.14 Å². The molecule has 2 nitrogen and oxygen atoms in total. The molecule has 0 saturated heterocycles. The maximum Gasteiger partial charge on any atom is 0.157 e. The van der Waals surface area contributed by atoms with Crippen molar-refractivity contribution in [2.24, 2.45) is 0 Å². The van der Waals surface area contributed by atoms with E-state index in [1.807, 2.05) is 30.3 Å². The van der Waals surface area contributed by atoms with Crippen LogP contribution in [0, 0.1) is 6.92 Å². The minimum Gasteiger partial charge on any atom is -0.312 e. The van der Waals surface area contributed by atoms with Crippen molar-refractivity contribution in [1.29, 1.82) is 0 Å². The van der Waals surface area contributed by atoms with Crippen molar-refractivity contribution in [2.75, 3.05) is 6.66 Å². The van der Waals surface area contributed by atoms with Crippen LogP contribution in [0.5, 0.6) is 0 Å². The van der Waals surface area contributed by atoms with Crippen molar-refractivity contribution in [3.8, 4) is 0 Å². The summed E-state index contributed by atoms with van der Waals surface area (Å²) in [6.45, 7) is 7.31. The third kappa shape index (κ3) is 2.07. The molecular formula is C13H12NOP. The van der Waals surface area contributed by atoms with Gasteiger partial charge in [0, 0.05) is 17.9 Å². The van der Waals surface area contributed by atoms with E-state index in [2.05, 4.69) is 4.98 Å². The van der Waals surface area contributed by atoms with Crippen molar-refractivity contribution in [3.63, 3.8) is 0 Å². The van der Waals surface area contributed by atoms with E-state index in [1.54, 1.807) is 24.9 Å². The summed E-state index contributed by atoms with van der Waals surface area (Å²) in [6.07, 6.45) is 0. The topological polar surface area (TPSA) is 30.0 Å². The van der Waals surface area contributed by atoms with Gasteiger partial charge < -0.3 is 4.57 Å². The zero-order valence-electron chi connectivity index (χ0n) is 9.00. The molecule has 2 radical (unpaired) electrons. The van der Waals surface area contributed by atoms with E-state index >= 15 is 0 Å². The molecule has 0 aliphatic carbocycles. The Balaban J connectivity index is 2.51. The van der Waals surface area contributed by atoms with Gasteiger partial charge in [-0.15, -0.1) is 0 Å². The highest BCUT2D eigenvalue weighted by Crippen LogP contribution is 2.37. The quantitative estimate of drug-likeness (QED) is 0.738. The predicted octanol–water partition coefficient (Wildman–Crippen LogP) is 2.08. The molecule has 0 N–H and O–H groups in total. The number of hydrogen-bond donors (Lipinski definition) is 0. The molecule has 0 aliphatic heterocycles. The van der Waals surface area contributed by atoms with Crippen molar-refractivity contribution in [1.82, 2.24) is 4.98 Å². The first-order valence-corrected chi connectivity index (χ1v) is 7.12. The van der Waals surface area contributed by atoms with E-state index in [4.69, 9.17) is 6.92 Å². The first-order chi connectivity index (χ1) is 7.60. The molecule has 1 heterocycles. The molecule has 1 atom stereocenters. The third-order valence-electron chi connectivity index (χ3n) is 2.44. The minimum atomic E-state index is -2.62. The van der Waals surface area contributed by atoms with Gasteiger partial charge >= 0.3 is 0 Å². The maximum absolute atomic E-state index is 12.7. The molecule has 1 unspecified atom stereocenters. The third-order valence-corrected chi connectivity index (χ3v) is 4.85. The lowest BCUT2D eigenvalue weighted by molar-refractivity contribution is 0.590. The zero-order valence-corrected chi connectivity index (χ0v) is 9.89. The van der Waals surface area contributed by atoms with Crippen LogP contribution in [0.1, 0.15) is 5.69 Å². The summed E-state index contributed by atoms with van der Waals surface area (Å²) < 4.78 is 12.7. The van der Waals surface area contributed by atoms with Crippen molar-refractivity contribution < 1.29 is 4.57 Å². The predicted molar refractivity (Wildman–Crippen MR) is 66.9 cm³/mol. The number of rotatable bonds is 2. The molecule has 1 aromatic heterocycles. The fraction of sp³-hybridized carbons (Fsp3) is 0.0769. The van der Waals surface area contributed by atoms with Gasteiger partial charge in [-0.25, -0.2) is 4.98 Å².